The number of likely N-dealkylation sites (tertiary alicyclic amines) is 1. The third-order valence-electron chi connectivity index (χ3n) is 4.85. The molecule has 1 aliphatic rings. The van der Waals surface area contributed by atoms with E-state index in [4.69, 9.17) is 0 Å². The third kappa shape index (κ3) is 3.74. The van der Waals surface area contributed by atoms with E-state index >= 15 is 0 Å². The van der Waals surface area contributed by atoms with Crippen LogP contribution in [0.2, 0.25) is 0 Å². The summed E-state index contributed by atoms with van der Waals surface area (Å²) in [6.45, 7) is 1.20. The van der Waals surface area contributed by atoms with E-state index in [-0.39, 0.29) is 11.9 Å². The summed E-state index contributed by atoms with van der Waals surface area (Å²) in [6.07, 6.45) is 3.44. The van der Waals surface area contributed by atoms with Crippen molar-refractivity contribution < 1.29 is 13.6 Å². The molecule has 0 radical (unpaired) electrons. The molecule has 27 heavy (non-hydrogen) atoms. The first-order valence-corrected chi connectivity index (χ1v) is 8.96. The topological polar surface area (TPSA) is 45.2 Å². The van der Waals surface area contributed by atoms with E-state index < -0.39 is 11.6 Å². The minimum absolute atomic E-state index is 0.00492. The van der Waals surface area contributed by atoms with Crippen molar-refractivity contribution in [2.75, 3.05) is 18.4 Å². The molecule has 2 heterocycles. The Kier molecular flexibility index (Phi) is 4.71. The van der Waals surface area contributed by atoms with E-state index in [9.17, 15) is 13.6 Å². The summed E-state index contributed by atoms with van der Waals surface area (Å²) < 4.78 is 26.5. The first-order valence-electron chi connectivity index (χ1n) is 8.96. The van der Waals surface area contributed by atoms with Crippen LogP contribution in [0.3, 0.4) is 0 Å². The fourth-order valence-corrected chi connectivity index (χ4v) is 3.49. The number of hydrogen-bond acceptors (Lipinski definition) is 3. The number of aromatic nitrogens is 1. The monoisotopic (exact) mass is 367 g/mol. The predicted molar refractivity (Wildman–Crippen MR) is 101 cm³/mol. The maximum absolute atomic E-state index is 13.4. The van der Waals surface area contributed by atoms with Crippen molar-refractivity contribution >= 4 is 22.5 Å². The van der Waals surface area contributed by atoms with E-state index in [2.05, 4.69) is 10.3 Å². The molecular weight excluding hydrogens is 348 g/mol. The zero-order valence-corrected chi connectivity index (χ0v) is 14.7. The van der Waals surface area contributed by atoms with Gasteiger partial charge in [0, 0.05) is 48.0 Å². The Labute approximate surface area is 155 Å². The maximum atomic E-state index is 13.4. The number of anilines is 1. The minimum atomic E-state index is -0.881. The highest BCUT2D eigenvalue weighted by atomic mass is 19.2. The number of piperidine rings is 1. The quantitative estimate of drug-likeness (QED) is 0.754. The molecule has 1 aliphatic heterocycles. The number of carbonyl (C=O) groups is 1. The van der Waals surface area contributed by atoms with E-state index in [0.717, 1.165) is 35.9 Å². The minimum Gasteiger partial charge on any atom is -0.380 e. The van der Waals surface area contributed by atoms with Crippen LogP contribution < -0.4 is 5.32 Å². The highest BCUT2D eigenvalue weighted by Gasteiger charge is 2.24. The largest absolute Gasteiger partial charge is 0.380 e. The Hall–Kier alpha value is -3.02. The van der Waals surface area contributed by atoms with Crippen LogP contribution in [0.5, 0.6) is 0 Å². The smallest absolute Gasteiger partial charge is 0.253 e. The normalized spacial score (nSPS) is 17.1. The molecule has 1 amide bonds. The lowest BCUT2D eigenvalue weighted by Gasteiger charge is -2.34. The maximum Gasteiger partial charge on any atom is 0.253 e. The van der Waals surface area contributed by atoms with Crippen molar-refractivity contribution in [3.8, 4) is 0 Å². The van der Waals surface area contributed by atoms with Gasteiger partial charge in [0.1, 0.15) is 0 Å². The molecule has 0 aliphatic carbocycles. The molecule has 1 unspecified atom stereocenters. The van der Waals surface area contributed by atoms with Gasteiger partial charge in [0.15, 0.2) is 11.6 Å². The van der Waals surface area contributed by atoms with Crippen LogP contribution in [-0.4, -0.2) is 34.9 Å². The zero-order valence-electron chi connectivity index (χ0n) is 14.7. The Balaban J connectivity index is 1.48. The van der Waals surface area contributed by atoms with E-state index in [1.165, 1.54) is 6.07 Å². The Bertz CT molecular complexity index is 992. The summed E-state index contributed by atoms with van der Waals surface area (Å²) in [5.74, 6) is -1.78. The van der Waals surface area contributed by atoms with Crippen molar-refractivity contribution in [3.63, 3.8) is 0 Å². The first-order chi connectivity index (χ1) is 13.1. The molecule has 1 saturated heterocycles. The van der Waals surface area contributed by atoms with Crippen LogP contribution in [0.4, 0.5) is 14.5 Å². The second kappa shape index (κ2) is 7.31. The van der Waals surface area contributed by atoms with Gasteiger partial charge in [-0.1, -0.05) is 6.07 Å². The van der Waals surface area contributed by atoms with Crippen molar-refractivity contribution in [3.05, 3.63) is 71.9 Å². The Morgan fingerprint density at radius 3 is 2.85 bits per heavy atom. The second-order valence-corrected chi connectivity index (χ2v) is 6.77. The van der Waals surface area contributed by atoms with Crippen LogP contribution in [-0.2, 0) is 0 Å². The average Bonchev–Trinajstić information content (AvgIpc) is 2.70. The van der Waals surface area contributed by atoms with Gasteiger partial charge in [-0.25, -0.2) is 8.78 Å². The van der Waals surface area contributed by atoms with E-state index in [1.54, 1.807) is 17.2 Å². The Morgan fingerprint density at radius 1 is 1.11 bits per heavy atom. The van der Waals surface area contributed by atoms with Crippen molar-refractivity contribution in [1.82, 2.24) is 9.88 Å². The number of nitrogens with zero attached hydrogens (tertiary/aromatic N) is 2. The fraction of sp³-hybridized carbons (Fsp3) is 0.238. The first kappa shape index (κ1) is 17.4. The second-order valence-electron chi connectivity index (χ2n) is 6.77. The molecule has 4 nitrogen and oxygen atoms in total. The molecule has 4 rings (SSSR count). The Morgan fingerprint density at radius 2 is 2.00 bits per heavy atom. The molecule has 1 atom stereocenters. The van der Waals surface area contributed by atoms with Gasteiger partial charge < -0.3 is 10.2 Å². The average molecular weight is 367 g/mol. The van der Waals surface area contributed by atoms with Gasteiger partial charge >= 0.3 is 0 Å². The molecule has 138 valence electrons. The third-order valence-corrected chi connectivity index (χ3v) is 4.85. The lowest BCUT2D eigenvalue weighted by Crippen LogP contribution is -2.45. The molecule has 1 N–H and O–H groups in total. The summed E-state index contributed by atoms with van der Waals surface area (Å²) in [5, 5.41) is 4.13. The van der Waals surface area contributed by atoms with Crippen LogP contribution in [0.25, 0.3) is 10.9 Å². The number of rotatable bonds is 3. The molecule has 3 aromatic rings. The zero-order chi connectivity index (χ0) is 18.8. The van der Waals surface area contributed by atoms with Crippen LogP contribution in [0, 0.1) is 11.6 Å². The summed E-state index contributed by atoms with van der Waals surface area (Å²) in [7, 11) is 0. The standard InChI is InChI=1S/C21H19F2N3O/c22-18-7-6-16(12-19(18)23)25-17-4-2-10-26(13-17)21(27)15-5-8-20-14(11-15)3-1-9-24-20/h1,3,5-9,11-12,17,25H,2,4,10,13H2. The number of carbonyl (C=O) groups excluding carboxylic acids is 1. The number of fused-ring (bicyclic) bond motifs is 1. The molecule has 0 spiro atoms. The number of amides is 1. The van der Waals surface area contributed by atoms with Gasteiger partial charge in [-0.05, 0) is 49.2 Å². The van der Waals surface area contributed by atoms with E-state index in [0.29, 0.717) is 24.3 Å². The number of pyridine rings is 1. The molecule has 0 bridgehead atoms. The van der Waals surface area contributed by atoms with Crippen molar-refractivity contribution in [1.29, 1.82) is 0 Å². The van der Waals surface area contributed by atoms with Crippen LogP contribution in [0.15, 0.2) is 54.7 Å². The lowest BCUT2D eigenvalue weighted by atomic mass is 10.0. The lowest BCUT2D eigenvalue weighted by molar-refractivity contribution is 0.0715. The van der Waals surface area contributed by atoms with Gasteiger partial charge in [-0.2, -0.15) is 0 Å². The van der Waals surface area contributed by atoms with Crippen LogP contribution in [0.1, 0.15) is 23.2 Å². The SMILES string of the molecule is O=C(c1ccc2ncccc2c1)N1CCCC(Nc2ccc(F)c(F)c2)C1. The number of benzene rings is 2. The van der Waals surface area contributed by atoms with Gasteiger partial charge in [-0.3, -0.25) is 9.78 Å². The van der Waals surface area contributed by atoms with Gasteiger partial charge in [0.05, 0.1) is 5.52 Å². The number of hydrogen-bond donors (Lipinski definition) is 1. The van der Waals surface area contributed by atoms with Crippen LogP contribution >= 0.6 is 0 Å². The van der Waals surface area contributed by atoms with Gasteiger partial charge in [0.2, 0.25) is 0 Å². The molecule has 1 fully saturated rings. The molecule has 0 saturated carbocycles. The summed E-state index contributed by atoms with van der Waals surface area (Å²) in [6, 6.07) is 13.0. The highest BCUT2D eigenvalue weighted by molar-refractivity contribution is 5.98. The summed E-state index contributed by atoms with van der Waals surface area (Å²) in [5.41, 5.74) is 2.00. The molecule has 1 aromatic heterocycles. The van der Waals surface area contributed by atoms with Gasteiger partial charge in [-0.15, -0.1) is 0 Å². The van der Waals surface area contributed by atoms with E-state index in [1.807, 2.05) is 24.3 Å². The molecular formula is C21H19F2N3O. The number of halogens is 2. The highest BCUT2D eigenvalue weighted by Crippen LogP contribution is 2.21. The predicted octanol–water partition coefficient (Wildman–Crippen LogP) is 4.23. The molecule has 6 heteroatoms. The number of nitrogens with one attached hydrogen (secondary N) is 1. The summed E-state index contributed by atoms with van der Waals surface area (Å²) in [4.78, 5) is 19.0. The fourth-order valence-electron chi connectivity index (χ4n) is 3.49. The van der Waals surface area contributed by atoms with Crippen molar-refractivity contribution in [2.24, 2.45) is 0 Å². The summed E-state index contributed by atoms with van der Waals surface area (Å²) >= 11 is 0. The molecule has 2 aromatic carbocycles. The van der Waals surface area contributed by atoms with Crippen molar-refractivity contribution in [2.45, 2.75) is 18.9 Å². The van der Waals surface area contributed by atoms with Gasteiger partial charge in [0.25, 0.3) is 5.91 Å².